The fourth-order valence-electron chi connectivity index (χ4n) is 3.00. The second kappa shape index (κ2) is 7.79. The van der Waals surface area contributed by atoms with E-state index in [1.54, 1.807) is 48.8 Å². The van der Waals surface area contributed by atoms with Gasteiger partial charge in [-0.25, -0.2) is 9.78 Å². The highest BCUT2D eigenvalue weighted by atomic mass is 19.1. The summed E-state index contributed by atoms with van der Waals surface area (Å²) in [7, 11) is 0. The van der Waals surface area contributed by atoms with Crippen molar-refractivity contribution in [1.82, 2.24) is 15.3 Å². The molecule has 0 unspecified atom stereocenters. The molecule has 6 nitrogen and oxygen atoms in total. The van der Waals surface area contributed by atoms with Crippen LogP contribution in [0.3, 0.4) is 0 Å². The lowest BCUT2D eigenvalue weighted by Gasteiger charge is -2.18. The standard InChI is InChI=1S/C22H13FN4O2/c23-21-18(10-16(13-26-21)4-3-15-2-1-9-25-12-15)19-20(29-22(28)27-19)17-7-5-14(11-24)6-8-17/h1-2,5-10,12-13,19-20H,(H,27,28)/t19-,20-/m1/s1. The Morgan fingerprint density at radius 2 is 1.86 bits per heavy atom. The lowest BCUT2D eigenvalue weighted by molar-refractivity contribution is 0.131. The number of rotatable bonds is 2. The summed E-state index contributed by atoms with van der Waals surface area (Å²) in [6.45, 7) is 0. The maximum Gasteiger partial charge on any atom is 0.408 e. The number of aromatic nitrogens is 2. The molecule has 2 aromatic heterocycles. The van der Waals surface area contributed by atoms with Gasteiger partial charge in [0.05, 0.1) is 11.6 Å². The molecule has 0 aliphatic carbocycles. The zero-order valence-electron chi connectivity index (χ0n) is 15.0. The van der Waals surface area contributed by atoms with Gasteiger partial charge in [-0.15, -0.1) is 0 Å². The number of ether oxygens (including phenoxy) is 1. The summed E-state index contributed by atoms with van der Waals surface area (Å²) in [4.78, 5) is 19.7. The van der Waals surface area contributed by atoms with Crippen LogP contribution in [0.4, 0.5) is 9.18 Å². The SMILES string of the molecule is N#Cc1ccc([C@H]2OC(=O)N[C@@H]2c2cc(C#Cc3cccnc3)cnc2F)cc1. The summed E-state index contributed by atoms with van der Waals surface area (Å²) in [6.07, 6.45) is 3.19. The molecular formula is C22H13FN4O2. The van der Waals surface area contributed by atoms with Crippen molar-refractivity contribution in [2.75, 3.05) is 0 Å². The van der Waals surface area contributed by atoms with Crippen LogP contribution in [-0.4, -0.2) is 16.1 Å². The molecule has 1 saturated heterocycles. The van der Waals surface area contributed by atoms with Crippen molar-refractivity contribution in [1.29, 1.82) is 5.26 Å². The van der Waals surface area contributed by atoms with Crippen molar-refractivity contribution in [2.24, 2.45) is 0 Å². The van der Waals surface area contributed by atoms with Crippen LogP contribution in [0, 0.1) is 29.1 Å². The predicted molar refractivity (Wildman–Crippen MR) is 101 cm³/mol. The number of hydrogen-bond donors (Lipinski definition) is 1. The van der Waals surface area contributed by atoms with Crippen molar-refractivity contribution in [2.45, 2.75) is 12.1 Å². The van der Waals surface area contributed by atoms with Gasteiger partial charge in [-0.05, 0) is 35.9 Å². The van der Waals surface area contributed by atoms with Crippen LogP contribution in [0.25, 0.3) is 0 Å². The first-order valence-corrected chi connectivity index (χ1v) is 8.69. The number of halogens is 1. The van der Waals surface area contributed by atoms with E-state index in [0.29, 0.717) is 22.3 Å². The Morgan fingerprint density at radius 1 is 1.07 bits per heavy atom. The molecule has 1 amide bonds. The number of nitrogens with zero attached hydrogens (tertiary/aromatic N) is 3. The van der Waals surface area contributed by atoms with E-state index in [9.17, 15) is 9.18 Å². The fraction of sp³-hybridized carbons (Fsp3) is 0.0909. The minimum Gasteiger partial charge on any atom is -0.439 e. The van der Waals surface area contributed by atoms with Gasteiger partial charge in [-0.2, -0.15) is 9.65 Å². The minimum atomic E-state index is -0.775. The second-order valence-electron chi connectivity index (χ2n) is 6.28. The number of nitriles is 1. The van der Waals surface area contributed by atoms with Crippen LogP contribution >= 0.6 is 0 Å². The number of alkyl carbamates (subject to hydrolysis) is 1. The molecule has 1 fully saturated rings. The molecule has 0 radical (unpaired) electrons. The Kier molecular flexibility index (Phi) is 4.88. The maximum absolute atomic E-state index is 14.5. The minimum absolute atomic E-state index is 0.170. The van der Waals surface area contributed by atoms with Crippen LogP contribution in [0.5, 0.6) is 0 Å². The molecule has 1 N–H and O–H groups in total. The number of cyclic esters (lactones) is 1. The van der Waals surface area contributed by atoms with Gasteiger partial charge in [0.25, 0.3) is 0 Å². The first-order valence-electron chi connectivity index (χ1n) is 8.69. The number of nitrogens with one attached hydrogen (secondary N) is 1. The Hall–Kier alpha value is -4.23. The van der Waals surface area contributed by atoms with Gasteiger partial charge < -0.3 is 10.1 Å². The number of benzene rings is 1. The van der Waals surface area contributed by atoms with Crippen molar-refractivity contribution in [3.05, 3.63) is 94.8 Å². The zero-order chi connectivity index (χ0) is 20.2. The average Bonchev–Trinajstić information content (AvgIpc) is 3.15. The van der Waals surface area contributed by atoms with E-state index in [1.807, 2.05) is 12.1 Å². The second-order valence-corrected chi connectivity index (χ2v) is 6.28. The molecule has 3 aromatic rings. The molecule has 140 valence electrons. The van der Waals surface area contributed by atoms with E-state index in [4.69, 9.17) is 10.00 Å². The molecule has 29 heavy (non-hydrogen) atoms. The quantitative estimate of drug-likeness (QED) is 0.540. The van der Waals surface area contributed by atoms with Gasteiger partial charge in [0.2, 0.25) is 5.95 Å². The van der Waals surface area contributed by atoms with Gasteiger partial charge in [-0.1, -0.05) is 24.0 Å². The van der Waals surface area contributed by atoms with E-state index < -0.39 is 24.2 Å². The van der Waals surface area contributed by atoms with E-state index in [-0.39, 0.29) is 5.56 Å². The van der Waals surface area contributed by atoms with Gasteiger partial charge in [0.15, 0.2) is 6.10 Å². The fourth-order valence-corrected chi connectivity index (χ4v) is 3.00. The van der Waals surface area contributed by atoms with Gasteiger partial charge >= 0.3 is 6.09 Å². The molecular weight excluding hydrogens is 371 g/mol. The van der Waals surface area contributed by atoms with E-state index >= 15 is 0 Å². The smallest absolute Gasteiger partial charge is 0.408 e. The number of pyridine rings is 2. The summed E-state index contributed by atoms with van der Waals surface area (Å²) in [6, 6.07) is 13.0. The molecule has 3 heterocycles. The number of hydrogen-bond acceptors (Lipinski definition) is 5. The molecule has 7 heteroatoms. The van der Waals surface area contributed by atoms with Crippen LogP contribution in [0.1, 0.15) is 40.0 Å². The van der Waals surface area contributed by atoms with Crippen molar-refractivity contribution in [3.63, 3.8) is 0 Å². The highest BCUT2D eigenvalue weighted by molar-refractivity contribution is 5.71. The number of carbonyl (C=O) groups excluding carboxylic acids is 1. The normalized spacial score (nSPS) is 17.4. The third-order valence-electron chi connectivity index (χ3n) is 4.39. The number of carbonyl (C=O) groups is 1. The van der Waals surface area contributed by atoms with Crippen LogP contribution < -0.4 is 5.32 Å². The summed E-state index contributed by atoms with van der Waals surface area (Å²) in [5, 5.41) is 11.6. The summed E-state index contributed by atoms with van der Waals surface area (Å²) >= 11 is 0. The highest BCUT2D eigenvalue weighted by Crippen LogP contribution is 2.37. The predicted octanol–water partition coefficient (Wildman–Crippen LogP) is 3.41. The maximum atomic E-state index is 14.5. The van der Waals surface area contributed by atoms with Gasteiger partial charge in [0.1, 0.15) is 6.04 Å². The molecule has 1 aliphatic heterocycles. The van der Waals surface area contributed by atoms with Crippen LogP contribution in [0.2, 0.25) is 0 Å². The third kappa shape index (κ3) is 3.90. The zero-order valence-corrected chi connectivity index (χ0v) is 15.0. The Balaban J connectivity index is 1.67. The summed E-state index contributed by atoms with van der Waals surface area (Å²) in [5.74, 6) is 5.15. The Morgan fingerprint density at radius 3 is 2.59 bits per heavy atom. The molecule has 0 spiro atoms. The molecule has 1 aromatic carbocycles. The van der Waals surface area contributed by atoms with Crippen molar-refractivity contribution < 1.29 is 13.9 Å². The topological polar surface area (TPSA) is 87.9 Å². The largest absolute Gasteiger partial charge is 0.439 e. The van der Waals surface area contributed by atoms with E-state index in [0.717, 1.165) is 0 Å². The number of amides is 1. The van der Waals surface area contributed by atoms with Crippen molar-refractivity contribution in [3.8, 4) is 17.9 Å². The Bertz CT molecular complexity index is 1160. The monoisotopic (exact) mass is 384 g/mol. The molecule has 0 saturated carbocycles. The molecule has 4 rings (SSSR count). The Labute approximate surface area is 166 Å². The van der Waals surface area contributed by atoms with Crippen LogP contribution in [-0.2, 0) is 4.74 Å². The van der Waals surface area contributed by atoms with Crippen molar-refractivity contribution >= 4 is 6.09 Å². The van der Waals surface area contributed by atoms with Crippen LogP contribution in [0.15, 0.2) is 61.1 Å². The van der Waals surface area contributed by atoms with E-state index in [2.05, 4.69) is 27.1 Å². The summed E-state index contributed by atoms with van der Waals surface area (Å²) in [5.41, 5.74) is 2.49. The average molecular weight is 384 g/mol. The summed E-state index contributed by atoms with van der Waals surface area (Å²) < 4.78 is 19.8. The molecule has 0 bridgehead atoms. The lowest BCUT2D eigenvalue weighted by atomic mass is 9.96. The lowest BCUT2D eigenvalue weighted by Crippen LogP contribution is -2.21. The molecule has 1 aliphatic rings. The molecule has 2 atom stereocenters. The highest BCUT2D eigenvalue weighted by Gasteiger charge is 2.38. The first-order chi connectivity index (χ1) is 14.1. The third-order valence-corrected chi connectivity index (χ3v) is 4.39. The van der Waals surface area contributed by atoms with E-state index in [1.165, 1.54) is 6.20 Å². The first kappa shape index (κ1) is 18.1. The van der Waals surface area contributed by atoms with Gasteiger partial charge in [-0.3, -0.25) is 4.98 Å². The van der Waals surface area contributed by atoms with Gasteiger partial charge in [0, 0.05) is 35.3 Å².